The Hall–Kier alpha value is -5.51. The van der Waals surface area contributed by atoms with Crippen molar-refractivity contribution in [3.63, 3.8) is 0 Å². The first-order valence-corrected chi connectivity index (χ1v) is 17.3. The molecule has 0 bridgehead atoms. The smallest absolute Gasteiger partial charge is 0.322 e. The highest BCUT2D eigenvalue weighted by Gasteiger charge is 2.37. The van der Waals surface area contributed by atoms with Gasteiger partial charge in [0.15, 0.2) is 0 Å². The quantitative estimate of drug-likeness (QED) is 0.0922. The summed E-state index contributed by atoms with van der Waals surface area (Å²) in [5.41, 5.74) is 5.85. The maximum Gasteiger partial charge on any atom is 0.322 e. The molecule has 53 heavy (non-hydrogen) atoms. The Morgan fingerprint density at radius 1 is 0.660 bits per heavy atom. The van der Waals surface area contributed by atoms with Crippen molar-refractivity contribution in [2.75, 3.05) is 6.54 Å². The molecule has 0 saturated carbocycles. The predicted octanol–water partition coefficient (Wildman–Crippen LogP) is -0.129. The third-order valence-corrected chi connectivity index (χ3v) is 8.30. The minimum absolute atomic E-state index is 0.0364. The normalized spacial score (nSPS) is 14.2. The van der Waals surface area contributed by atoms with E-state index in [1.807, 2.05) is 0 Å². The maximum atomic E-state index is 13.7. The number of hydrogen-bond acceptors (Lipinski definition) is 9. The maximum absolute atomic E-state index is 13.7. The third-order valence-electron chi connectivity index (χ3n) is 8.30. The summed E-state index contributed by atoms with van der Waals surface area (Å²) in [7, 11) is 0. The summed E-state index contributed by atoms with van der Waals surface area (Å²) >= 11 is 0. The molecule has 0 radical (unpaired) electrons. The molecule has 16 heteroatoms. The number of carboxylic acid groups (broad SMARTS) is 1. The van der Waals surface area contributed by atoms with E-state index in [0.717, 1.165) is 0 Å². The van der Waals surface area contributed by atoms with Crippen LogP contribution >= 0.6 is 0 Å². The first kappa shape index (κ1) is 43.7. The third kappa shape index (κ3) is 14.2. The van der Waals surface area contributed by atoms with Crippen molar-refractivity contribution in [1.29, 1.82) is 0 Å². The van der Waals surface area contributed by atoms with Crippen LogP contribution in [0.2, 0.25) is 0 Å². The van der Waals surface area contributed by atoms with E-state index in [0.29, 0.717) is 11.1 Å². The first-order valence-electron chi connectivity index (χ1n) is 17.3. The molecule has 16 nitrogen and oxygen atoms in total. The molecule has 0 aliphatic carbocycles. The highest BCUT2D eigenvalue weighted by molar-refractivity contribution is 5.98. The lowest BCUT2D eigenvalue weighted by molar-refractivity contribution is -0.139. The Bertz CT molecular complexity index is 1600. The SMILES string of the molecule is CC(C)[C@H](NC(=O)[C@@H](NC(=O)C(C)(C)NC(=O)[C@H](Cc1ccccc1)NC(=O)[C@@H](C)NC(=O)[C@@H](N)Cc1ccc(O)cc1)C(C)C)C(=O)NCC(=O)O. The van der Waals surface area contributed by atoms with E-state index in [-0.39, 0.29) is 18.6 Å². The second kappa shape index (κ2) is 19.9. The molecule has 0 aliphatic rings. The summed E-state index contributed by atoms with van der Waals surface area (Å²) < 4.78 is 0. The van der Waals surface area contributed by atoms with Crippen LogP contribution in [0.3, 0.4) is 0 Å². The van der Waals surface area contributed by atoms with Gasteiger partial charge in [0, 0.05) is 6.42 Å². The monoisotopic (exact) mass is 739 g/mol. The van der Waals surface area contributed by atoms with E-state index in [9.17, 15) is 38.7 Å². The number of rotatable bonds is 19. The zero-order valence-electron chi connectivity index (χ0n) is 31.2. The fourth-order valence-electron chi connectivity index (χ4n) is 5.08. The van der Waals surface area contributed by atoms with Crippen LogP contribution in [0.4, 0.5) is 0 Å². The van der Waals surface area contributed by atoms with Crippen molar-refractivity contribution in [2.24, 2.45) is 17.6 Å². The van der Waals surface area contributed by atoms with E-state index in [2.05, 4.69) is 31.9 Å². The van der Waals surface area contributed by atoms with E-state index >= 15 is 0 Å². The Balaban J connectivity index is 2.16. The Labute approximate surface area is 309 Å². The molecule has 5 atom stereocenters. The minimum atomic E-state index is -1.61. The average molecular weight is 740 g/mol. The largest absolute Gasteiger partial charge is 0.508 e. The number of nitrogens with one attached hydrogen (secondary N) is 6. The molecular weight excluding hydrogens is 686 g/mol. The number of carboxylic acids is 1. The van der Waals surface area contributed by atoms with Crippen molar-refractivity contribution in [3.8, 4) is 5.75 Å². The van der Waals surface area contributed by atoms with Crippen LogP contribution in [-0.4, -0.2) is 93.9 Å². The predicted molar refractivity (Wildman–Crippen MR) is 196 cm³/mol. The lowest BCUT2D eigenvalue weighted by Gasteiger charge is -2.32. The van der Waals surface area contributed by atoms with Gasteiger partial charge in [-0.2, -0.15) is 0 Å². The van der Waals surface area contributed by atoms with Gasteiger partial charge in [-0.1, -0.05) is 70.2 Å². The summed E-state index contributed by atoms with van der Waals surface area (Å²) in [5.74, 6) is -6.19. The Morgan fingerprint density at radius 3 is 1.75 bits per heavy atom. The van der Waals surface area contributed by atoms with E-state index in [1.165, 1.54) is 32.9 Å². The number of aromatic hydroxyl groups is 1. The van der Waals surface area contributed by atoms with Crippen molar-refractivity contribution in [2.45, 2.75) is 97.1 Å². The van der Waals surface area contributed by atoms with Crippen LogP contribution in [-0.2, 0) is 46.4 Å². The Morgan fingerprint density at radius 2 is 1.21 bits per heavy atom. The molecule has 0 heterocycles. The van der Waals surface area contributed by atoms with E-state index in [4.69, 9.17) is 10.8 Å². The molecule has 10 N–H and O–H groups in total. The molecular formula is C37H53N7O9. The van der Waals surface area contributed by atoms with Crippen LogP contribution in [0.5, 0.6) is 5.75 Å². The number of phenolic OH excluding ortho intramolecular Hbond substituents is 1. The van der Waals surface area contributed by atoms with E-state index in [1.54, 1.807) is 70.2 Å². The second-order valence-corrected chi connectivity index (χ2v) is 14.1. The van der Waals surface area contributed by atoms with Gasteiger partial charge in [-0.3, -0.25) is 33.6 Å². The van der Waals surface area contributed by atoms with Gasteiger partial charge in [0.1, 0.15) is 42.0 Å². The Kier molecular flexibility index (Phi) is 16.4. The second-order valence-electron chi connectivity index (χ2n) is 14.1. The van der Waals surface area contributed by atoms with Gasteiger partial charge in [0.05, 0.1) is 6.04 Å². The lowest BCUT2D eigenvalue weighted by Crippen LogP contribution is -2.64. The fraction of sp³-hybridized carbons (Fsp3) is 0.486. The van der Waals surface area contributed by atoms with Crippen LogP contribution in [0, 0.1) is 11.8 Å². The summed E-state index contributed by atoms with van der Waals surface area (Å²) in [6.07, 6.45) is 0.186. The highest BCUT2D eigenvalue weighted by atomic mass is 16.4. The van der Waals surface area contributed by atoms with Crippen LogP contribution < -0.4 is 37.6 Å². The number of carbonyl (C=O) groups excluding carboxylic acids is 6. The number of hydrogen-bond donors (Lipinski definition) is 9. The lowest BCUT2D eigenvalue weighted by atomic mass is 9.97. The van der Waals surface area contributed by atoms with Gasteiger partial charge in [0.25, 0.3) is 0 Å². The van der Waals surface area contributed by atoms with Crippen LogP contribution in [0.25, 0.3) is 0 Å². The van der Waals surface area contributed by atoms with Gasteiger partial charge in [-0.05, 0) is 62.3 Å². The summed E-state index contributed by atoms with van der Waals surface area (Å²) in [5, 5.41) is 33.8. The molecule has 0 unspecified atom stereocenters. The molecule has 2 rings (SSSR count). The molecule has 2 aromatic carbocycles. The van der Waals surface area contributed by atoms with Crippen LogP contribution in [0.15, 0.2) is 54.6 Å². The molecule has 0 aromatic heterocycles. The molecule has 290 valence electrons. The van der Waals surface area contributed by atoms with Crippen molar-refractivity contribution in [1.82, 2.24) is 31.9 Å². The zero-order chi connectivity index (χ0) is 40.0. The van der Waals surface area contributed by atoms with Gasteiger partial charge >= 0.3 is 5.97 Å². The zero-order valence-corrected chi connectivity index (χ0v) is 31.2. The average Bonchev–Trinajstić information content (AvgIpc) is 3.08. The number of phenols is 1. The van der Waals surface area contributed by atoms with Crippen molar-refractivity contribution >= 4 is 41.4 Å². The molecule has 0 aliphatic heterocycles. The van der Waals surface area contributed by atoms with Gasteiger partial charge in [-0.15, -0.1) is 0 Å². The van der Waals surface area contributed by atoms with Crippen molar-refractivity contribution < 1.29 is 43.8 Å². The molecule has 0 spiro atoms. The number of benzene rings is 2. The van der Waals surface area contributed by atoms with Gasteiger partial charge in [-0.25, -0.2) is 0 Å². The summed E-state index contributed by atoms with van der Waals surface area (Å²) in [6.45, 7) is 10.3. The summed E-state index contributed by atoms with van der Waals surface area (Å²) in [4.78, 5) is 90.3. The standard InChI is InChI=1S/C37H53N7O9/c1-20(2)29(34(51)39-19-28(46)47)42-35(52)30(21(3)4)43-36(53)37(6,7)44-33(50)27(18-23-11-9-8-10-12-23)41-31(48)22(5)40-32(49)26(38)17-24-13-15-25(45)16-14-24/h8-16,20-22,26-27,29-30,45H,17-19,38H2,1-7H3,(H,39,51)(H,40,49)(H,41,48)(H,42,52)(H,43,53)(H,44,50)(H,46,47)/t22-,26+,27+,29+,30+/m1/s1. The first-order chi connectivity index (χ1) is 24.7. The fourth-order valence-corrected chi connectivity index (χ4v) is 5.08. The molecule has 2 aromatic rings. The number of nitrogens with two attached hydrogens (primary N) is 1. The van der Waals surface area contributed by atoms with E-state index < -0.39 is 95.5 Å². The molecule has 0 saturated heterocycles. The molecule has 6 amide bonds. The number of carbonyl (C=O) groups is 7. The topological polar surface area (TPSA) is 258 Å². The highest BCUT2D eigenvalue weighted by Crippen LogP contribution is 2.13. The molecule has 0 fully saturated rings. The van der Waals surface area contributed by atoms with Crippen LogP contribution in [0.1, 0.15) is 59.6 Å². The van der Waals surface area contributed by atoms with Crippen molar-refractivity contribution in [3.05, 3.63) is 65.7 Å². The minimum Gasteiger partial charge on any atom is -0.508 e. The number of aliphatic carboxylic acids is 1. The van der Waals surface area contributed by atoms with Gasteiger partial charge < -0.3 is 47.8 Å². The number of amides is 6. The summed E-state index contributed by atoms with van der Waals surface area (Å²) in [6, 6.07) is 9.51. The van der Waals surface area contributed by atoms with Gasteiger partial charge in [0.2, 0.25) is 35.4 Å².